The third-order valence-electron chi connectivity index (χ3n) is 8.21. The van der Waals surface area contributed by atoms with Gasteiger partial charge in [-0.2, -0.15) is 10.1 Å². The summed E-state index contributed by atoms with van der Waals surface area (Å²) in [5.41, 5.74) is 4.67. The maximum Gasteiger partial charge on any atom is 0.319 e. The molecule has 4 aromatic rings. The second-order valence-electron chi connectivity index (χ2n) is 11.2. The highest BCUT2D eigenvalue weighted by Gasteiger charge is 2.24. The quantitative estimate of drug-likeness (QED) is 0.266. The average molecular weight is 599 g/mol. The number of benzene rings is 1. The molecule has 2 amide bonds. The Bertz CT molecular complexity index is 1580. The molecule has 0 aliphatic carbocycles. The van der Waals surface area contributed by atoms with Crippen LogP contribution in [-0.4, -0.2) is 74.4 Å². The predicted octanol–water partition coefficient (Wildman–Crippen LogP) is 4.46. The SMILES string of the molecule is Cc1c(-c2ccnn2C)nnc(N2CCC(NC(=O)Nc3ccc(Oc4ccnc(NC5CCOCC5)n4)cc3)CC2)c1C. The Morgan fingerprint density at radius 2 is 1.70 bits per heavy atom. The van der Waals surface area contributed by atoms with Crippen LogP contribution in [0.2, 0.25) is 0 Å². The number of nitrogens with one attached hydrogen (secondary N) is 3. The van der Waals surface area contributed by atoms with Crippen molar-refractivity contribution >= 4 is 23.5 Å². The number of carbonyl (C=O) groups is 1. The van der Waals surface area contributed by atoms with Gasteiger partial charge in [-0.3, -0.25) is 4.68 Å². The molecule has 5 heterocycles. The molecule has 1 aromatic carbocycles. The van der Waals surface area contributed by atoms with E-state index in [2.05, 4.69) is 60.0 Å². The Labute approximate surface area is 256 Å². The molecular formula is C31H38N10O3. The molecule has 2 fully saturated rings. The van der Waals surface area contributed by atoms with E-state index < -0.39 is 0 Å². The molecule has 230 valence electrons. The van der Waals surface area contributed by atoms with Gasteiger partial charge in [-0.25, -0.2) is 9.78 Å². The van der Waals surface area contributed by atoms with Gasteiger partial charge in [-0.15, -0.1) is 10.2 Å². The third-order valence-corrected chi connectivity index (χ3v) is 8.21. The molecule has 0 saturated carbocycles. The normalized spacial score (nSPS) is 16.0. The second kappa shape index (κ2) is 13.2. The van der Waals surface area contributed by atoms with Gasteiger partial charge in [-0.1, -0.05) is 0 Å². The van der Waals surface area contributed by atoms with E-state index in [0.717, 1.165) is 80.3 Å². The molecule has 3 aromatic heterocycles. The first-order chi connectivity index (χ1) is 21.4. The molecular weight excluding hydrogens is 560 g/mol. The van der Waals surface area contributed by atoms with Crippen LogP contribution < -0.4 is 25.6 Å². The minimum absolute atomic E-state index is 0.0682. The summed E-state index contributed by atoms with van der Waals surface area (Å²) in [6.45, 7) is 7.21. The van der Waals surface area contributed by atoms with Gasteiger partial charge in [0.05, 0.1) is 5.69 Å². The zero-order valence-corrected chi connectivity index (χ0v) is 25.3. The van der Waals surface area contributed by atoms with Gasteiger partial charge in [0.25, 0.3) is 0 Å². The lowest BCUT2D eigenvalue weighted by molar-refractivity contribution is 0.0903. The third kappa shape index (κ3) is 6.88. The van der Waals surface area contributed by atoms with Gasteiger partial charge in [-0.05, 0) is 81.0 Å². The van der Waals surface area contributed by atoms with Crippen molar-refractivity contribution < 1.29 is 14.3 Å². The molecule has 0 atom stereocenters. The maximum absolute atomic E-state index is 12.8. The summed E-state index contributed by atoms with van der Waals surface area (Å²) < 4.78 is 13.1. The Hall–Kier alpha value is -4.78. The van der Waals surface area contributed by atoms with E-state index in [0.29, 0.717) is 29.3 Å². The van der Waals surface area contributed by atoms with Crippen molar-refractivity contribution in [2.75, 3.05) is 41.8 Å². The predicted molar refractivity (Wildman–Crippen MR) is 167 cm³/mol. The van der Waals surface area contributed by atoms with Crippen molar-refractivity contribution in [2.24, 2.45) is 7.05 Å². The van der Waals surface area contributed by atoms with Crippen LogP contribution in [0.5, 0.6) is 11.6 Å². The average Bonchev–Trinajstić information content (AvgIpc) is 3.46. The highest BCUT2D eigenvalue weighted by Crippen LogP contribution is 2.29. The molecule has 13 nitrogen and oxygen atoms in total. The number of amides is 2. The Kier molecular flexibility index (Phi) is 8.82. The lowest BCUT2D eigenvalue weighted by Crippen LogP contribution is -2.46. The van der Waals surface area contributed by atoms with Crippen LogP contribution in [0, 0.1) is 13.8 Å². The number of ether oxygens (including phenoxy) is 2. The first kappa shape index (κ1) is 29.3. The molecule has 0 radical (unpaired) electrons. The molecule has 3 N–H and O–H groups in total. The van der Waals surface area contributed by atoms with E-state index in [-0.39, 0.29) is 12.1 Å². The molecule has 6 rings (SSSR count). The minimum Gasteiger partial charge on any atom is -0.439 e. The van der Waals surface area contributed by atoms with Crippen molar-refractivity contribution in [1.82, 2.24) is 35.3 Å². The van der Waals surface area contributed by atoms with Crippen molar-refractivity contribution in [3.8, 4) is 23.0 Å². The van der Waals surface area contributed by atoms with E-state index in [1.165, 1.54) is 0 Å². The van der Waals surface area contributed by atoms with Crippen molar-refractivity contribution in [2.45, 2.75) is 51.6 Å². The van der Waals surface area contributed by atoms with Crippen molar-refractivity contribution in [3.05, 3.63) is 59.9 Å². The number of anilines is 3. The Balaban J connectivity index is 0.974. The van der Waals surface area contributed by atoms with Gasteiger partial charge in [0.15, 0.2) is 5.82 Å². The summed E-state index contributed by atoms with van der Waals surface area (Å²) in [5.74, 6) is 2.49. The van der Waals surface area contributed by atoms with Gasteiger partial charge in [0, 0.05) is 69.6 Å². The molecule has 0 spiro atoms. The summed E-state index contributed by atoms with van der Waals surface area (Å²) in [6, 6.07) is 11.0. The maximum atomic E-state index is 12.8. The summed E-state index contributed by atoms with van der Waals surface area (Å²) in [5, 5.41) is 22.7. The number of aromatic nitrogens is 6. The topological polar surface area (TPSA) is 144 Å². The van der Waals surface area contributed by atoms with Crippen molar-refractivity contribution in [3.63, 3.8) is 0 Å². The molecule has 2 saturated heterocycles. The lowest BCUT2D eigenvalue weighted by Gasteiger charge is -2.34. The van der Waals surface area contributed by atoms with Crippen LogP contribution in [-0.2, 0) is 11.8 Å². The molecule has 2 aliphatic rings. The number of piperidine rings is 1. The smallest absolute Gasteiger partial charge is 0.319 e. The molecule has 0 unspecified atom stereocenters. The zero-order chi connectivity index (χ0) is 30.5. The highest BCUT2D eigenvalue weighted by molar-refractivity contribution is 5.89. The number of carbonyl (C=O) groups excluding carboxylic acids is 1. The Morgan fingerprint density at radius 3 is 2.43 bits per heavy atom. The van der Waals surface area contributed by atoms with Gasteiger partial charge < -0.3 is 30.3 Å². The standard InChI is InChI=1S/C31H38N10O3/c1-20-21(2)29(39-38-28(20)26-8-15-33-40(26)3)41-16-10-23(11-17-41)36-31(42)35-22-4-6-25(7-5-22)44-27-9-14-32-30(37-27)34-24-12-18-43-19-13-24/h4-9,14-15,23-24H,10-13,16-19H2,1-3H3,(H,32,34,37)(H2,35,36,42). The number of hydrogen-bond acceptors (Lipinski definition) is 10. The fourth-order valence-corrected chi connectivity index (χ4v) is 5.55. The first-order valence-corrected chi connectivity index (χ1v) is 15.0. The lowest BCUT2D eigenvalue weighted by atomic mass is 10.0. The molecule has 13 heteroatoms. The van der Waals surface area contributed by atoms with Crippen LogP contribution in [0.15, 0.2) is 48.8 Å². The van der Waals surface area contributed by atoms with Crippen LogP contribution in [0.1, 0.15) is 36.8 Å². The van der Waals surface area contributed by atoms with Gasteiger partial charge in [0.2, 0.25) is 11.8 Å². The van der Waals surface area contributed by atoms with Gasteiger partial charge in [0.1, 0.15) is 11.4 Å². The van der Waals surface area contributed by atoms with Gasteiger partial charge >= 0.3 is 6.03 Å². The summed E-state index contributed by atoms with van der Waals surface area (Å²) in [6.07, 6.45) is 6.91. The number of rotatable bonds is 8. The fraction of sp³-hybridized carbons (Fsp3) is 0.419. The Morgan fingerprint density at radius 1 is 0.932 bits per heavy atom. The van der Waals surface area contributed by atoms with E-state index >= 15 is 0 Å². The zero-order valence-electron chi connectivity index (χ0n) is 25.3. The van der Waals surface area contributed by atoms with E-state index in [9.17, 15) is 4.79 Å². The highest BCUT2D eigenvalue weighted by atomic mass is 16.5. The number of aryl methyl sites for hydroxylation is 1. The molecule has 0 bridgehead atoms. The monoisotopic (exact) mass is 598 g/mol. The fourth-order valence-electron chi connectivity index (χ4n) is 5.55. The number of urea groups is 1. The summed E-state index contributed by atoms with van der Waals surface area (Å²) >= 11 is 0. The summed E-state index contributed by atoms with van der Waals surface area (Å²) in [7, 11) is 1.90. The first-order valence-electron chi connectivity index (χ1n) is 15.0. The molecule has 2 aliphatic heterocycles. The van der Waals surface area contributed by atoms with Crippen LogP contribution in [0.25, 0.3) is 11.4 Å². The van der Waals surface area contributed by atoms with E-state index in [1.807, 2.05) is 17.8 Å². The molecule has 44 heavy (non-hydrogen) atoms. The van der Waals surface area contributed by atoms with Crippen molar-refractivity contribution in [1.29, 1.82) is 0 Å². The van der Waals surface area contributed by atoms with Crippen LogP contribution in [0.3, 0.4) is 0 Å². The largest absolute Gasteiger partial charge is 0.439 e. The van der Waals surface area contributed by atoms with E-state index in [1.54, 1.807) is 42.7 Å². The van der Waals surface area contributed by atoms with E-state index in [4.69, 9.17) is 9.47 Å². The number of hydrogen-bond donors (Lipinski definition) is 3. The summed E-state index contributed by atoms with van der Waals surface area (Å²) in [4.78, 5) is 23.8. The van der Waals surface area contributed by atoms with Crippen LogP contribution >= 0.6 is 0 Å². The number of nitrogens with zero attached hydrogens (tertiary/aromatic N) is 7. The second-order valence-corrected chi connectivity index (χ2v) is 11.2. The van der Waals surface area contributed by atoms with Crippen LogP contribution in [0.4, 0.5) is 22.2 Å². The minimum atomic E-state index is -0.232.